The average molecular weight is 526 g/mol. The number of anilines is 1. The first-order valence-electron chi connectivity index (χ1n) is 10.2. The number of esters is 1. The molecule has 2 heterocycles. The van der Waals surface area contributed by atoms with Gasteiger partial charge in [0.1, 0.15) is 11.4 Å². The molecule has 9 heteroatoms. The Morgan fingerprint density at radius 3 is 2.67 bits per heavy atom. The minimum Gasteiger partial charge on any atom is -0.459 e. The Morgan fingerprint density at radius 2 is 1.94 bits per heavy atom. The maximum atomic E-state index is 13.2. The van der Waals surface area contributed by atoms with Crippen LogP contribution in [0, 0.1) is 0 Å². The van der Waals surface area contributed by atoms with Gasteiger partial charge in [-0.1, -0.05) is 34.1 Å². The van der Waals surface area contributed by atoms with Crippen molar-refractivity contribution in [3.8, 4) is 11.1 Å². The first kappa shape index (κ1) is 22.9. The van der Waals surface area contributed by atoms with Crippen molar-refractivity contribution in [3.05, 3.63) is 80.6 Å². The minimum absolute atomic E-state index is 0.210. The number of nitrogens with zero attached hydrogens (tertiary/aromatic N) is 2. The van der Waals surface area contributed by atoms with Gasteiger partial charge in [0.2, 0.25) is 5.91 Å². The SMILES string of the molecule is CC(C)OC(=O)c1cccc(NC(=O)Cn2cnc3scc(-c4ccc(Br)cc4)c3c2=O)c1. The molecule has 2 aromatic carbocycles. The number of carbonyl (C=O) groups excluding carboxylic acids is 2. The van der Waals surface area contributed by atoms with Crippen molar-refractivity contribution in [1.82, 2.24) is 9.55 Å². The van der Waals surface area contributed by atoms with Crippen molar-refractivity contribution in [3.63, 3.8) is 0 Å². The summed E-state index contributed by atoms with van der Waals surface area (Å²) < 4.78 is 7.41. The number of thiophene rings is 1. The molecule has 33 heavy (non-hydrogen) atoms. The van der Waals surface area contributed by atoms with Crippen LogP contribution in [-0.4, -0.2) is 27.5 Å². The zero-order valence-corrected chi connectivity index (χ0v) is 20.3. The summed E-state index contributed by atoms with van der Waals surface area (Å²) in [6.07, 6.45) is 1.13. The van der Waals surface area contributed by atoms with Crippen molar-refractivity contribution in [2.24, 2.45) is 0 Å². The number of fused-ring (bicyclic) bond motifs is 1. The molecule has 0 aliphatic carbocycles. The molecule has 0 unspecified atom stereocenters. The van der Waals surface area contributed by atoms with Crippen LogP contribution in [0.2, 0.25) is 0 Å². The van der Waals surface area contributed by atoms with Gasteiger partial charge in [-0.3, -0.25) is 14.2 Å². The van der Waals surface area contributed by atoms with Crippen molar-refractivity contribution in [1.29, 1.82) is 0 Å². The highest BCUT2D eigenvalue weighted by molar-refractivity contribution is 9.10. The van der Waals surface area contributed by atoms with Crippen molar-refractivity contribution in [2.45, 2.75) is 26.5 Å². The van der Waals surface area contributed by atoms with Crippen molar-refractivity contribution >= 4 is 55.0 Å². The molecule has 0 bridgehead atoms. The lowest BCUT2D eigenvalue weighted by Gasteiger charge is -2.10. The van der Waals surface area contributed by atoms with Crippen LogP contribution in [-0.2, 0) is 16.1 Å². The van der Waals surface area contributed by atoms with E-state index in [2.05, 4.69) is 26.2 Å². The van der Waals surface area contributed by atoms with E-state index in [1.807, 2.05) is 29.6 Å². The molecule has 2 aromatic heterocycles. The van der Waals surface area contributed by atoms with Gasteiger partial charge in [0.15, 0.2) is 0 Å². The van der Waals surface area contributed by atoms with Gasteiger partial charge < -0.3 is 10.1 Å². The van der Waals surface area contributed by atoms with Gasteiger partial charge in [-0.05, 0) is 49.7 Å². The number of hydrogen-bond donors (Lipinski definition) is 1. The number of nitrogens with one attached hydrogen (secondary N) is 1. The molecule has 0 radical (unpaired) electrons. The van der Waals surface area contributed by atoms with Crippen molar-refractivity contribution in [2.75, 3.05) is 5.32 Å². The summed E-state index contributed by atoms with van der Waals surface area (Å²) in [5, 5.41) is 5.10. The van der Waals surface area contributed by atoms with Gasteiger partial charge in [-0.15, -0.1) is 11.3 Å². The molecule has 4 rings (SSSR count). The average Bonchev–Trinajstić information content (AvgIpc) is 3.21. The van der Waals surface area contributed by atoms with Gasteiger partial charge in [0, 0.05) is 21.1 Å². The van der Waals surface area contributed by atoms with E-state index in [1.165, 1.54) is 28.3 Å². The van der Waals surface area contributed by atoms with E-state index >= 15 is 0 Å². The molecule has 7 nitrogen and oxygen atoms in total. The first-order chi connectivity index (χ1) is 15.8. The van der Waals surface area contributed by atoms with Crippen LogP contribution < -0.4 is 10.9 Å². The Kier molecular flexibility index (Phi) is 6.71. The minimum atomic E-state index is -0.468. The number of amides is 1. The largest absolute Gasteiger partial charge is 0.459 e. The van der Waals surface area contributed by atoms with E-state index in [1.54, 1.807) is 32.0 Å². The van der Waals surface area contributed by atoms with Crippen LogP contribution in [0.15, 0.2) is 69.5 Å². The van der Waals surface area contributed by atoms with Gasteiger partial charge in [-0.2, -0.15) is 0 Å². The molecule has 0 fully saturated rings. The van der Waals surface area contributed by atoms with Crippen LogP contribution in [0.1, 0.15) is 24.2 Å². The monoisotopic (exact) mass is 525 g/mol. The molecule has 0 aliphatic rings. The summed E-state index contributed by atoms with van der Waals surface area (Å²) in [6.45, 7) is 3.32. The van der Waals surface area contributed by atoms with Crippen LogP contribution in [0.25, 0.3) is 21.3 Å². The second kappa shape index (κ2) is 9.68. The molecule has 168 valence electrons. The van der Waals surface area contributed by atoms with Crippen LogP contribution in [0.4, 0.5) is 5.69 Å². The van der Waals surface area contributed by atoms with Crippen LogP contribution in [0.5, 0.6) is 0 Å². The van der Waals surface area contributed by atoms with E-state index in [0.29, 0.717) is 21.5 Å². The number of aromatic nitrogens is 2. The smallest absolute Gasteiger partial charge is 0.338 e. The van der Waals surface area contributed by atoms with Crippen LogP contribution in [0.3, 0.4) is 0 Å². The maximum absolute atomic E-state index is 13.2. The molecule has 0 saturated carbocycles. The van der Waals surface area contributed by atoms with Crippen LogP contribution >= 0.6 is 27.3 Å². The predicted molar refractivity (Wildman–Crippen MR) is 133 cm³/mol. The summed E-state index contributed by atoms with van der Waals surface area (Å²) >= 11 is 4.80. The second-order valence-electron chi connectivity index (χ2n) is 7.60. The molecule has 4 aromatic rings. The third-order valence-electron chi connectivity index (χ3n) is 4.75. The summed E-state index contributed by atoms with van der Waals surface area (Å²) in [5.74, 6) is -0.877. The topological polar surface area (TPSA) is 90.3 Å². The maximum Gasteiger partial charge on any atom is 0.338 e. The first-order valence-corrected chi connectivity index (χ1v) is 11.8. The summed E-state index contributed by atoms with van der Waals surface area (Å²) in [5.41, 5.74) is 2.16. The lowest BCUT2D eigenvalue weighted by molar-refractivity contribution is -0.116. The number of benzene rings is 2. The summed E-state index contributed by atoms with van der Waals surface area (Å²) in [6, 6.07) is 14.1. The molecule has 1 amide bonds. The Bertz CT molecular complexity index is 1390. The van der Waals surface area contributed by atoms with Gasteiger partial charge >= 0.3 is 5.97 Å². The normalized spacial score (nSPS) is 11.0. The molecular formula is C24H20BrN3O4S. The lowest BCUT2D eigenvalue weighted by atomic mass is 10.1. The van der Waals surface area contributed by atoms with Gasteiger partial charge in [0.25, 0.3) is 5.56 Å². The summed E-state index contributed by atoms with van der Waals surface area (Å²) in [4.78, 5) is 42.9. The number of carbonyl (C=O) groups is 2. The zero-order chi connectivity index (χ0) is 23.5. The third-order valence-corrected chi connectivity index (χ3v) is 6.17. The fourth-order valence-corrected chi connectivity index (χ4v) is 4.45. The second-order valence-corrected chi connectivity index (χ2v) is 9.37. The van der Waals surface area contributed by atoms with Gasteiger partial charge in [0.05, 0.1) is 23.4 Å². The third kappa shape index (κ3) is 5.20. The Balaban J connectivity index is 1.56. The number of hydrogen-bond acceptors (Lipinski definition) is 6. The molecule has 0 saturated heterocycles. The number of halogens is 1. The predicted octanol–water partition coefficient (Wildman–Crippen LogP) is 5.09. The fourth-order valence-electron chi connectivity index (χ4n) is 3.28. The van der Waals surface area contributed by atoms with E-state index < -0.39 is 11.9 Å². The summed E-state index contributed by atoms with van der Waals surface area (Å²) in [7, 11) is 0. The van der Waals surface area contributed by atoms with E-state index in [0.717, 1.165) is 15.6 Å². The molecular weight excluding hydrogens is 506 g/mol. The Hall–Kier alpha value is -3.30. The number of ether oxygens (including phenoxy) is 1. The highest BCUT2D eigenvalue weighted by Crippen LogP contribution is 2.31. The van der Waals surface area contributed by atoms with Crippen molar-refractivity contribution < 1.29 is 14.3 Å². The molecule has 1 N–H and O–H groups in total. The van der Waals surface area contributed by atoms with E-state index in [4.69, 9.17) is 4.74 Å². The Morgan fingerprint density at radius 1 is 1.18 bits per heavy atom. The van der Waals surface area contributed by atoms with Gasteiger partial charge in [-0.25, -0.2) is 9.78 Å². The molecule has 0 atom stereocenters. The van der Waals surface area contributed by atoms with E-state index in [9.17, 15) is 14.4 Å². The number of rotatable bonds is 6. The fraction of sp³-hybridized carbons (Fsp3) is 0.167. The lowest BCUT2D eigenvalue weighted by Crippen LogP contribution is -2.27. The zero-order valence-electron chi connectivity index (χ0n) is 17.9. The molecule has 0 spiro atoms. The Labute approximate surface area is 202 Å². The highest BCUT2D eigenvalue weighted by Gasteiger charge is 2.15. The standard InChI is InChI=1S/C24H20BrN3O4S/c1-14(2)32-24(31)16-4-3-5-18(10-16)27-20(29)11-28-13-26-22-21(23(28)30)19(12-33-22)15-6-8-17(25)9-7-15/h3-10,12-14H,11H2,1-2H3,(H,27,29). The highest BCUT2D eigenvalue weighted by atomic mass is 79.9. The quantitative estimate of drug-likeness (QED) is 0.354. The molecule has 0 aliphatic heterocycles. The van der Waals surface area contributed by atoms with E-state index in [-0.39, 0.29) is 18.2 Å².